The predicted molar refractivity (Wildman–Crippen MR) is 168 cm³/mol. The zero-order valence-electron chi connectivity index (χ0n) is 26.2. The summed E-state index contributed by atoms with van der Waals surface area (Å²) in [5.41, 5.74) is 1.94. The first-order valence-electron chi connectivity index (χ1n) is 14.5. The molecule has 5 N–H and O–H groups in total. The lowest BCUT2D eigenvalue weighted by atomic mass is 10.1. The number of nitrogens with one attached hydrogen (secondary N) is 5. The van der Waals surface area contributed by atoms with Gasteiger partial charge in [0.2, 0.25) is 5.91 Å². The van der Waals surface area contributed by atoms with Crippen molar-refractivity contribution in [3.05, 3.63) is 77.5 Å². The van der Waals surface area contributed by atoms with Crippen molar-refractivity contribution in [2.75, 3.05) is 53.4 Å². The largest absolute Gasteiger partial charge is 0.492 e. The number of carbonyl (C=O) groups is 2. The number of alkyl halides is 3. The van der Waals surface area contributed by atoms with Crippen LogP contribution < -0.4 is 31.3 Å². The second-order valence-corrected chi connectivity index (χ2v) is 9.65. The Kier molecular flexibility index (Phi) is 22.2. The van der Waals surface area contributed by atoms with Gasteiger partial charge in [-0.05, 0) is 51.6 Å². The molecule has 242 valence electrons. The van der Waals surface area contributed by atoms with Crippen molar-refractivity contribution in [1.29, 1.82) is 0 Å². The highest BCUT2D eigenvalue weighted by Gasteiger charge is 2.29. The summed E-state index contributed by atoms with van der Waals surface area (Å²) in [6, 6.07) is 12.9. The topological polar surface area (TPSA) is 104 Å². The number of carbonyl (C=O) groups excluding carboxylic acids is 2. The second kappa shape index (κ2) is 24.1. The van der Waals surface area contributed by atoms with Crippen molar-refractivity contribution in [3.8, 4) is 5.75 Å². The van der Waals surface area contributed by atoms with Gasteiger partial charge in [-0.15, -0.1) is 0 Å². The molecule has 2 aromatic carbocycles. The molecule has 0 radical (unpaired) electrons. The minimum Gasteiger partial charge on any atom is -0.492 e. The summed E-state index contributed by atoms with van der Waals surface area (Å²) in [5.74, 6) is 0.864. The van der Waals surface area contributed by atoms with Crippen LogP contribution in [0.4, 0.5) is 13.2 Å². The molecule has 0 aliphatic heterocycles. The van der Waals surface area contributed by atoms with Gasteiger partial charge in [0.05, 0.1) is 18.2 Å². The molecule has 1 amide bonds. The first-order chi connectivity index (χ1) is 20.5. The predicted octanol–water partition coefficient (Wildman–Crippen LogP) is 4.24. The molecule has 0 saturated carbocycles. The molecule has 1 unspecified atom stereocenters. The molecule has 0 spiro atoms. The molecular weight excluding hydrogens is 559 g/mol. The first kappa shape index (κ1) is 39.6. The van der Waals surface area contributed by atoms with Crippen molar-refractivity contribution in [2.45, 2.75) is 52.3 Å². The Morgan fingerprint density at radius 1 is 1.05 bits per heavy atom. The number of hydrogen-bond donors (Lipinski definition) is 5. The number of aryl methyl sites for hydroxylation is 2. The summed E-state index contributed by atoms with van der Waals surface area (Å²) in [7, 11) is 3.60. The van der Waals surface area contributed by atoms with E-state index in [1.54, 1.807) is 20.0 Å². The highest BCUT2D eigenvalue weighted by atomic mass is 19.4. The maximum absolute atomic E-state index is 12.1. The van der Waals surface area contributed by atoms with E-state index >= 15 is 0 Å². The molecular formula is C32H50F3N5O3. The maximum atomic E-state index is 12.1. The average Bonchev–Trinajstić information content (AvgIpc) is 2.97. The number of halogens is 3. The molecule has 0 heterocycles. The van der Waals surface area contributed by atoms with Gasteiger partial charge in [-0.2, -0.15) is 13.2 Å². The maximum Gasteiger partial charge on any atom is 0.416 e. The number of rotatable bonds is 17. The summed E-state index contributed by atoms with van der Waals surface area (Å²) in [4.78, 5) is 22.4. The van der Waals surface area contributed by atoms with Crippen LogP contribution in [0.25, 0.3) is 0 Å². The Morgan fingerprint density at radius 2 is 1.74 bits per heavy atom. The molecule has 43 heavy (non-hydrogen) atoms. The third kappa shape index (κ3) is 19.4. The summed E-state index contributed by atoms with van der Waals surface area (Å²) in [5, 5.41) is 15.1. The normalized spacial score (nSPS) is 11.2. The summed E-state index contributed by atoms with van der Waals surface area (Å²) >= 11 is 0. The third-order valence-electron chi connectivity index (χ3n) is 5.62. The third-order valence-corrected chi connectivity index (χ3v) is 5.62. The van der Waals surface area contributed by atoms with Gasteiger partial charge in [0.25, 0.3) is 0 Å². The molecule has 0 fully saturated rings. The van der Waals surface area contributed by atoms with Crippen molar-refractivity contribution in [3.63, 3.8) is 0 Å². The SMILES string of the molecule is C=C(CNCCOc1ccccc1CCCNC(=O)C(CNC)NC)NCC=O.CCC.Cc1cccc(C(F)(F)F)c1. The number of hydrogen-bond acceptors (Lipinski definition) is 7. The van der Waals surface area contributed by atoms with Gasteiger partial charge in [0.15, 0.2) is 0 Å². The highest BCUT2D eigenvalue weighted by Crippen LogP contribution is 2.29. The van der Waals surface area contributed by atoms with E-state index in [4.69, 9.17) is 4.74 Å². The van der Waals surface area contributed by atoms with Crippen LogP contribution in [0.15, 0.2) is 60.8 Å². The number of aldehydes is 1. The van der Waals surface area contributed by atoms with Crippen molar-refractivity contribution in [1.82, 2.24) is 26.6 Å². The van der Waals surface area contributed by atoms with E-state index in [1.807, 2.05) is 31.3 Å². The second-order valence-electron chi connectivity index (χ2n) is 9.65. The van der Waals surface area contributed by atoms with Gasteiger partial charge in [0, 0.05) is 31.9 Å². The zero-order valence-corrected chi connectivity index (χ0v) is 26.2. The fraction of sp³-hybridized carbons (Fsp3) is 0.500. The number of likely N-dealkylation sites (N-methyl/N-ethyl adjacent to an activating group) is 2. The molecule has 2 rings (SSSR count). The minimum atomic E-state index is -4.22. The van der Waals surface area contributed by atoms with Crippen molar-refractivity contribution >= 4 is 12.2 Å². The lowest BCUT2D eigenvalue weighted by Crippen LogP contribution is -2.48. The Hall–Kier alpha value is -3.41. The highest BCUT2D eigenvalue weighted by molar-refractivity contribution is 5.81. The Labute approximate surface area is 255 Å². The first-order valence-corrected chi connectivity index (χ1v) is 14.5. The lowest BCUT2D eigenvalue weighted by Gasteiger charge is -2.16. The Balaban J connectivity index is 0.00000104. The van der Waals surface area contributed by atoms with Gasteiger partial charge in [-0.1, -0.05) is 68.8 Å². The van der Waals surface area contributed by atoms with Crippen LogP contribution >= 0.6 is 0 Å². The number of para-hydroxylation sites is 1. The van der Waals surface area contributed by atoms with E-state index in [-0.39, 0.29) is 18.5 Å². The van der Waals surface area contributed by atoms with Crippen LogP contribution in [0.3, 0.4) is 0 Å². The van der Waals surface area contributed by atoms with Gasteiger partial charge < -0.3 is 36.1 Å². The van der Waals surface area contributed by atoms with E-state index < -0.39 is 11.7 Å². The van der Waals surface area contributed by atoms with Gasteiger partial charge in [-0.3, -0.25) is 4.79 Å². The number of benzene rings is 2. The van der Waals surface area contributed by atoms with Crippen LogP contribution in [0.2, 0.25) is 0 Å². The molecule has 11 heteroatoms. The summed E-state index contributed by atoms with van der Waals surface area (Å²) in [6.45, 7) is 13.0. The van der Waals surface area contributed by atoms with Gasteiger partial charge in [-0.25, -0.2) is 0 Å². The summed E-state index contributed by atoms with van der Waals surface area (Å²) in [6.07, 6.45) is -0.501. The Morgan fingerprint density at radius 3 is 2.33 bits per heavy atom. The van der Waals surface area contributed by atoms with Gasteiger partial charge >= 0.3 is 6.18 Å². The summed E-state index contributed by atoms with van der Waals surface area (Å²) < 4.78 is 41.8. The van der Waals surface area contributed by atoms with Crippen LogP contribution in [0.5, 0.6) is 5.75 Å². The quantitative estimate of drug-likeness (QED) is 0.135. The minimum absolute atomic E-state index is 0.00156. The standard InChI is InChI=1S/C21H35N5O3.C8H7F3.C3H8/c1-17(25-11-13-27)15-24-12-14-29-20-9-5-4-7-18(20)8-6-10-26-21(28)19(23-3)16-22-2;1-6-3-2-4-7(5-6)8(9,10)11;1-3-2/h4-5,7,9,13,19,22-25H,1,6,8,10-12,14-16H2,2-3H3,(H,26,28);2-5H,1H3;3H2,1-2H3. The van der Waals surface area contributed by atoms with E-state index in [0.717, 1.165) is 48.3 Å². The molecule has 1 atom stereocenters. The smallest absolute Gasteiger partial charge is 0.416 e. The van der Waals surface area contributed by atoms with Crippen molar-refractivity contribution < 1.29 is 27.5 Å². The van der Waals surface area contributed by atoms with E-state index in [9.17, 15) is 22.8 Å². The van der Waals surface area contributed by atoms with Crippen LogP contribution in [0.1, 0.15) is 43.4 Å². The Bertz CT molecular complexity index is 1050. The zero-order chi connectivity index (χ0) is 32.5. The van der Waals surface area contributed by atoms with E-state index in [0.29, 0.717) is 38.3 Å². The van der Waals surface area contributed by atoms with E-state index in [1.165, 1.54) is 12.5 Å². The molecule has 0 aliphatic rings. The fourth-order valence-corrected chi connectivity index (χ4v) is 3.54. The number of amides is 1. The van der Waals surface area contributed by atoms with Crippen LogP contribution in [-0.2, 0) is 22.2 Å². The lowest BCUT2D eigenvalue weighted by molar-refractivity contribution is -0.137. The van der Waals surface area contributed by atoms with Crippen molar-refractivity contribution in [2.24, 2.45) is 0 Å². The van der Waals surface area contributed by atoms with Crippen LogP contribution in [0, 0.1) is 6.92 Å². The molecule has 8 nitrogen and oxygen atoms in total. The fourth-order valence-electron chi connectivity index (χ4n) is 3.54. The van der Waals surface area contributed by atoms with Crippen LogP contribution in [-0.4, -0.2) is 71.7 Å². The van der Waals surface area contributed by atoms with Gasteiger partial charge in [0.1, 0.15) is 18.6 Å². The molecule has 0 saturated heterocycles. The molecule has 0 aliphatic carbocycles. The average molecular weight is 610 g/mol. The molecule has 0 bridgehead atoms. The molecule has 0 aromatic heterocycles. The molecule has 2 aromatic rings. The van der Waals surface area contributed by atoms with E-state index in [2.05, 4.69) is 47.0 Å². The number of ether oxygens (including phenoxy) is 1. The monoisotopic (exact) mass is 609 g/mol.